The van der Waals surface area contributed by atoms with E-state index in [9.17, 15) is 14.4 Å². The third-order valence-corrected chi connectivity index (χ3v) is 3.70. The van der Waals surface area contributed by atoms with Crippen LogP contribution in [0.3, 0.4) is 0 Å². The van der Waals surface area contributed by atoms with Crippen LogP contribution in [0.15, 0.2) is 24.3 Å². The highest BCUT2D eigenvalue weighted by molar-refractivity contribution is 6.39. The fraction of sp³-hybridized carbons (Fsp3) is 0.438. The number of piperidine rings is 1. The van der Waals surface area contributed by atoms with Crippen molar-refractivity contribution in [1.82, 2.24) is 4.90 Å². The van der Waals surface area contributed by atoms with Crippen molar-refractivity contribution in [3.05, 3.63) is 29.8 Å². The summed E-state index contributed by atoms with van der Waals surface area (Å²) in [6.07, 6.45) is 2.01. The van der Waals surface area contributed by atoms with Gasteiger partial charge in [0.1, 0.15) is 0 Å². The Kier molecular flexibility index (Phi) is 5.14. The number of ether oxygens (including phenoxy) is 1. The van der Waals surface area contributed by atoms with E-state index in [2.05, 4.69) is 17.0 Å². The lowest BCUT2D eigenvalue weighted by Gasteiger charge is -2.30. The number of rotatable bonds is 2. The van der Waals surface area contributed by atoms with Gasteiger partial charge >= 0.3 is 17.8 Å². The third kappa shape index (κ3) is 3.84. The minimum absolute atomic E-state index is 0.386. The first-order chi connectivity index (χ1) is 10.5. The zero-order valence-electron chi connectivity index (χ0n) is 12.8. The number of nitrogens with one attached hydrogen (secondary N) is 1. The van der Waals surface area contributed by atoms with Crippen molar-refractivity contribution >= 4 is 23.5 Å². The topological polar surface area (TPSA) is 75.7 Å². The van der Waals surface area contributed by atoms with E-state index in [0.29, 0.717) is 30.3 Å². The molecule has 6 heteroatoms. The van der Waals surface area contributed by atoms with Crippen molar-refractivity contribution in [2.45, 2.75) is 19.8 Å². The van der Waals surface area contributed by atoms with Gasteiger partial charge in [-0.15, -0.1) is 0 Å². The van der Waals surface area contributed by atoms with Crippen molar-refractivity contribution in [1.29, 1.82) is 0 Å². The Bertz CT molecular complexity index is 568. The molecule has 1 aromatic rings. The summed E-state index contributed by atoms with van der Waals surface area (Å²) in [5, 5.41) is 2.56. The molecule has 2 rings (SSSR count). The van der Waals surface area contributed by atoms with Gasteiger partial charge in [0.25, 0.3) is 0 Å². The molecule has 1 aliphatic heterocycles. The van der Waals surface area contributed by atoms with E-state index in [-0.39, 0.29) is 0 Å². The predicted molar refractivity (Wildman–Crippen MR) is 81.4 cm³/mol. The summed E-state index contributed by atoms with van der Waals surface area (Å²) in [7, 11) is 1.30. The first-order valence-electron chi connectivity index (χ1n) is 7.30. The molecule has 1 aliphatic rings. The smallest absolute Gasteiger partial charge is 0.337 e. The van der Waals surface area contributed by atoms with Gasteiger partial charge in [-0.2, -0.15) is 0 Å². The molecule has 22 heavy (non-hydrogen) atoms. The quantitative estimate of drug-likeness (QED) is 0.666. The van der Waals surface area contributed by atoms with Gasteiger partial charge in [-0.3, -0.25) is 9.59 Å². The maximum Gasteiger partial charge on any atom is 0.337 e. The fourth-order valence-corrected chi connectivity index (χ4v) is 2.51. The number of benzene rings is 1. The molecule has 0 aliphatic carbocycles. The van der Waals surface area contributed by atoms with Gasteiger partial charge in [0.2, 0.25) is 0 Å². The van der Waals surface area contributed by atoms with Gasteiger partial charge in [-0.1, -0.05) is 6.92 Å². The SMILES string of the molecule is COC(=O)c1ccc(NC(=O)C(=O)N2CCCC(C)C2)cc1. The Balaban J connectivity index is 1.96. The molecule has 1 heterocycles. The molecule has 0 aromatic heterocycles. The summed E-state index contributed by atoms with van der Waals surface area (Å²) in [6.45, 7) is 3.31. The van der Waals surface area contributed by atoms with Crippen molar-refractivity contribution < 1.29 is 19.1 Å². The Morgan fingerprint density at radius 1 is 1.23 bits per heavy atom. The first-order valence-corrected chi connectivity index (χ1v) is 7.30. The van der Waals surface area contributed by atoms with E-state index in [4.69, 9.17) is 0 Å². The number of carbonyl (C=O) groups is 3. The molecule has 0 bridgehead atoms. The normalized spacial score (nSPS) is 17.7. The maximum atomic E-state index is 12.1. The lowest BCUT2D eigenvalue weighted by Crippen LogP contribution is -2.44. The van der Waals surface area contributed by atoms with Gasteiger partial charge in [-0.05, 0) is 43.0 Å². The Morgan fingerprint density at radius 3 is 2.50 bits per heavy atom. The molecule has 2 amide bonds. The van der Waals surface area contributed by atoms with Crippen molar-refractivity contribution in [3.8, 4) is 0 Å². The molecule has 1 atom stereocenters. The monoisotopic (exact) mass is 304 g/mol. The molecule has 1 unspecified atom stereocenters. The maximum absolute atomic E-state index is 12.1. The van der Waals surface area contributed by atoms with Crippen molar-refractivity contribution in [2.24, 2.45) is 5.92 Å². The van der Waals surface area contributed by atoms with Crippen LogP contribution in [0.1, 0.15) is 30.1 Å². The molecule has 0 saturated carbocycles. The number of hydrogen-bond acceptors (Lipinski definition) is 4. The van der Waals surface area contributed by atoms with Crippen LogP contribution in [0.2, 0.25) is 0 Å². The number of methoxy groups -OCH3 is 1. The molecular weight excluding hydrogens is 284 g/mol. The highest BCUT2D eigenvalue weighted by Crippen LogP contribution is 2.16. The largest absolute Gasteiger partial charge is 0.465 e. The molecule has 0 radical (unpaired) electrons. The van der Waals surface area contributed by atoms with Gasteiger partial charge in [0.15, 0.2) is 0 Å². The Labute approximate surface area is 129 Å². The van der Waals surface area contributed by atoms with E-state index >= 15 is 0 Å². The molecule has 1 saturated heterocycles. The highest BCUT2D eigenvalue weighted by atomic mass is 16.5. The zero-order valence-corrected chi connectivity index (χ0v) is 12.8. The fourth-order valence-electron chi connectivity index (χ4n) is 2.51. The molecule has 6 nitrogen and oxygen atoms in total. The van der Waals surface area contributed by atoms with Gasteiger partial charge in [-0.25, -0.2) is 4.79 Å². The lowest BCUT2D eigenvalue weighted by atomic mass is 10.0. The number of carbonyl (C=O) groups excluding carboxylic acids is 3. The average Bonchev–Trinajstić information content (AvgIpc) is 2.54. The highest BCUT2D eigenvalue weighted by Gasteiger charge is 2.26. The number of anilines is 1. The van der Waals surface area contributed by atoms with Crippen LogP contribution < -0.4 is 5.32 Å². The van der Waals surface area contributed by atoms with Crippen LogP contribution >= 0.6 is 0 Å². The minimum Gasteiger partial charge on any atom is -0.465 e. The van der Waals surface area contributed by atoms with Crippen LogP contribution in [-0.4, -0.2) is 42.9 Å². The average molecular weight is 304 g/mol. The van der Waals surface area contributed by atoms with E-state index < -0.39 is 17.8 Å². The first kappa shape index (κ1) is 16.0. The second-order valence-electron chi connectivity index (χ2n) is 5.52. The summed E-state index contributed by atoms with van der Waals surface area (Å²) < 4.78 is 4.60. The standard InChI is InChI=1S/C16H20N2O4/c1-11-4-3-9-18(10-11)15(20)14(19)17-13-7-5-12(6-8-13)16(21)22-2/h5-8,11H,3-4,9-10H2,1-2H3,(H,17,19). The van der Waals surface area contributed by atoms with E-state index in [0.717, 1.165) is 12.8 Å². The van der Waals surface area contributed by atoms with Crippen LogP contribution in [0.25, 0.3) is 0 Å². The zero-order chi connectivity index (χ0) is 16.1. The second kappa shape index (κ2) is 7.06. The van der Waals surface area contributed by atoms with E-state index in [1.165, 1.54) is 19.2 Å². The van der Waals surface area contributed by atoms with Crippen molar-refractivity contribution in [2.75, 3.05) is 25.5 Å². The number of nitrogens with zero attached hydrogens (tertiary/aromatic N) is 1. The third-order valence-electron chi connectivity index (χ3n) is 3.70. The second-order valence-corrected chi connectivity index (χ2v) is 5.52. The lowest BCUT2D eigenvalue weighted by molar-refractivity contribution is -0.144. The predicted octanol–water partition coefficient (Wildman–Crippen LogP) is 1.67. The summed E-state index contributed by atoms with van der Waals surface area (Å²) in [5.41, 5.74) is 0.854. The Hall–Kier alpha value is -2.37. The molecule has 1 N–H and O–H groups in total. The number of hydrogen-bond donors (Lipinski definition) is 1. The number of amides is 2. The summed E-state index contributed by atoms with van der Waals surface area (Å²) in [6, 6.07) is 6.20. The summed E-state index contributed by atoms with van der Waals surface area (Å²) in [4.78, 5) is 37.0. The minimum atomic E-state index is -0.653. The van der Waals surface area contributed by atoms with E-state index in [1.54, 1.807) is 17.0 Å². The van der Waals surface area contributed by atoms with Crippen LogP contribution in [0, 0.1) is 5.92 Å². The van der Waals surface area contributed by atoms with E-state index in [1.807, 2.05) is 0 Å². The summed E-state index contributed by atoms with van der Waals surface area (Å²) in [5.74, 6) is -1.19. The van der Waals surface area contributed by atoms with Gasteiger partial charge in [0.05, 0.1) is 12.7 Å². The molecule has 118 valence electrons. The summed E-state index contributed by atoms with van der Waals surface area (Å²) >= 11 is 0. The molecular formula is C16H20N2O4. The van der Waals surface area contributed by atoms with Crippen molar-refractivity contribution in [3.63, 3.8) is 0 Å². The number of likely N-dealkylation sites (tertiary alicyclic amines) is 1. The van der Waals surface area contributed by atoms with Crippen LogP contribution in [0.4, 0.5) is 5.69 Å². The Morgan fingerprint density at radius 2 is 1.91 bits per heavy atom. The number of esters is 1. The van der Waals surface area contributed by atoms with Gasteiger partial charge < -0.3 is 15.0 Å². The molecule has 0 spiro atoms. The molecule has 1 aromatic carbocycles. The van der Waals surface area contributed by atoms with Gasteiger partial charge in [0, 0.05) is 18.8 Å². The van der Waals surface area contributed by atoms with Crippen LogP contribution in [-0.2, 0) is 14.3 Å². The van der Waals surface area contributed by atoms with Crippen LogP contribution in [0.5, 0.6) is 0 Å². The molecule has 1 fully saturated rings.